The summed E-state index contributed by atoms with van der Waals surface area (Å²) in [5, 5.41) is 12.2. The molecule has 30 heavy (non-hydrogen) atoms. The lowest BCUT2D eigenvalue weighted by atomic mass is 10.3. The fraction of sp³-hybridized carbons (Fsp3) is 0.130. The minimum atomic E-state index is -0.0756. The highest BCUT2D eigenvalue weighted by molar-refractivity contribution is 7.99. The highest BCUT2D eigenvalue weighted by Crippen LogP contribution is 2.24. The van der Waals surface area contributed by atoms with Crippen LogP contribution in [0.5, 0.6) is 0 Å². The van der Waals surface area contributed by atoms with Gasteiger partial charge in [0, 0.05) is 12.2 Å². The average molecular weight is 416 g/mol. The van der Waals surface area contributed by atoms with E-state index in [0.717, 1.165) is 39.8 Å². The van der Waals surface area contributed by atoms with Crippen LogP contribution < -0.4 is 5.32 Å². The van der Waals surface area contributed by atoms with Crippen molar-refractivity contribution in [2.24, 2.45) is 10.2 Å². The van der Waals surface area contributed by atoms with Gasteiger partial charge in [0.25, 0.3) is 0 Å². The van der Waals surface area contributed by atoms with Crippen molar-refractivity contribution < 1.29 is 4.79 Å². The molecule has 1 amide bonds. The number of hydrogen-bond donors (Lipinski definition) is 1. The molecule has 0 bridgehead atoms. The Bertz CT molecular complexity index is 1170. The van der Waals surface area contributed by atoms with E-state index in [1.807, 2.05) is 78.9 Å². The monoisotopic (exact) mass is 415 g/mol. The Morgan fingerprint density at radius 1 is 0.933 bits per heavy atom. The number of aromatic nitrogens is 2. The topological polar surface area (TPSA) is 71.6 Å². The molecule has 0 aliphatic carbocycles. The number of fused-ring (bicyclic) bond motifs is 1. The molecule has 0 unspecified atom stereocenters. The minimum Gasteiger partial charge on any atom is -0.325 e. The van der Waals surface area contributed by atoms with Crippen molar-refractivity contribution in [2.45, 2.75) is 18.6 Å². The highest BCUT2D eigenvalue weighted by atomic mass is 32.2. The number of benzene rings is 3. The van der Waals surface area contributed by atoms with E-state index >= 15 is 0 Å². The first kappa shape index (κ1) is 19.8. The predicted molar refractivity (Wildman–Crippen MR) is 122 cm³/mol. The van der Waals surface area contributed by atoms with Crippen LogP contribution >= 0.6 is 11.8 Å². The van der Waals surface area contributed by atoms with Crippen molar-refractivity contribution in [3.05, 3.63) is 78.9 Å². The fourth-order valence-corrected chi connectivity index (χ4v) is 3.90. The first-order valence-corrected chi connectivity index (χ1v) is 10.7. The molecule has 0 saturated carbocycles. The Labute approximate surface area is 179 Å². The molecule has 1 N–H and O–H groups in total. The smallest absolute Gasteiger partial charge is 0.234 e. The number of imidazole rings is 1. The van der Waals surface area contributed by atoms with E-state index in [4.69, 9.17) is 0 Å². The lowest BCUT2D eigenvalue weighted by Gasteiger charge is -2.07. The summed E-state index contributed by atoms with van der Waals surface area (Å²) in [4.78, 5) is 17.0. The summed E-state index contributed by atoms with van der Waals surface area (Å²) in [6, 6.07) is 24.9. The summed E-state index contributed by atoms with van der Waals surface area (Å²) in [6.45, 7) is 2.89. The number of nitrogens with one attached hydrogen (secondary N) is 1. The van der Waals surface area contributed by atoms with Gasteiger partial charge in [-0.05, 0) is 55.5 Å². The van der Waals surface area contributed by atoms with Crippen molar-refractivity contribution in [1.82, 2.24) is 9.55 Å². The van der Waals surface area contributed by atoms with Crippen molar-refractivity contribution in [2.75, 3.05) is 11.1 Å². The van der Waals surface area contributed by atoms with E-state index in [1.165, 1.54) is 11.8 Å². The largest absolute Gasteiger partial charge is 0.325 e. The van der Waals surface area contributed by atoms with E-state index in [0.29, 0.717) is 5.75 Å². The third-order valence-electron chi connectivity index (χ3n) is 4.46. The Morgan fingerprint density at radius 2 is 1.60 bits per heavy atom. The van der Waals surface area contributed by atoms with Crippen LogP contribution in [0.25, 0.3) is 11.0 Å². The molecule has 0 radical (unpaired) electrons. The van der Waals surface area contributed by atoms with Crippen LogP contribution in [0.15, 0.2) is 94.2 Å². The van der Waals surface area contributed by atoms with Gasteiger partial charge in [-0.2, -0.15) is 10.2 Å². The molecule has 1 aromatic heterocycles. The third-order valence-corrected chi connectivity index (χ3v) is 5.43. The molecule has 1 heterocycles. The molecule has 0 fully saturated rings. The minimum absolute atomic E-state index is 0.0756. The second-order valence-corrected chi connectivity index (χ2v) is 7.49. The number of azo groups is 1. The van der Waals surface area contributed by atoms with Gasteiger partial charge in [0.15, 0.2) is 5.16 Å². The fourth-order valence-electron chi connectivity index (χ4n) is 3.02. The number of carbonyl (C=O) groups excluding carboxylic acids is 1. The maximum absolute atomic E-state index is 12.4. The molecule has 150 valence electrons. The van der Waals surface area contributed by atoms with Crippen LogP contribution in [0.2, 0.25) is 0 Å². The quantitative estimate of drug-likeness (QED) is 0.288. The Morgan fingerprint density at radius 3 is 2.33 bits per heavy atom. The number of carbonyl (C=O) groups is 1. The molecule has 0 atom stereocenters. The average Bonchev–Trinajstić information content (AvgIpc) is 3.15. The molecular formula is C23H21N5OS. The Kier molecular flexibility index (Phi) is 6.20. The van der Waals surface area contributed by atoms with Gasteiger partial charge < -0.3 is 9.88 Å². The number of rotatable bonds is 7. The molecule has 6 nitrogen and oxygen atoms in total. The number of anilines is 1. The number of para-hydroxylation sites is 2. The van der Waals surface area contributed by atoms with Gasteiger partial charge in [-0.3, -0.25) is 4.79 Å². The van der Waals surface area contributed by atoms with E-state index in [-0.39, 0.29) is 5.91 Å². The zero-order valence-electron chi connectivity index (χ0n) is 16.5. The third kappa shape index (κ3) is 4.75. The number of amides is 1. The normalized spacial score (nSPS) is 11.2. The summed E-state index contributed by atoms with van der Waals surface area (Å²) < 4.78 is 2.12. The van der Waals surface area contributed by atoms with Crippen LogP contribution in [0.1, 0.15) is 6.92 Å². The Hall–Kier alpha value is -3.45. The van der Waals surface area contributed by atoms with Crippen molar-refractivity contribution in [3.8, 4) is 0 Å². The standard InChI is InChI=1S/C23H21N5OS/c1-2-28-21-11-7-6-10-20(21)25-23(28)30-16-22(29)24-17-12-14-19(15-13-17)27-26-18-8-4-3-5-9-18/h3-15H,2,16H2,1H3,(H,24,29). The molecule has 4 rings (SSSR count). The van der Waals surface area contributed by atoms with Gasteiger partial charge >= 0.3 is 0 Å². The summed E-state index contributed by atoms with van der Waals surface area (Å²) in [7, 11) is 0. The molecule has 3 aromatic carbocycles. The first-order valence-electron chi connectivity index (χ1n) is 9.67. The van der Waals surface area contributed by atoms with Crippen molar-refractivity contribution >= 4 is 45.8 Å². The van der Waals surface area contributed by atoms with E-state index in [9.17, 15) is 4.79 Å². The van der Waals surface area contributed by atoms with Gasteiger partial charge in [0.1, 0.15) is 0 Å². The Balaban J connectivity index is 1.35. The molecule has 4 aromatic rings. The van der Waals surface area contributed by atoms with Crippen LogP contribution in [-0.4, -0.2) is 21.2 Å². The van der Waals surface area contributed by atoms with E-state index < -0.39 is 0 Å². The molecule has 0 saturated heterocycles. The summed E-state index contributed by atoms with van der Waals surface area (Å²) in [5.74, 6) is 0.215. The summed E-state index contributed by atoms with van der Waals surface area (Å²) in [5.41, 5.74) is 4.28. The second-order valence-electron chi connectivity index (χ2n) is 6.55. The first-order chi connectivity index (χ1) is 14.7. The predicted octanol–water partition coefficient (Wildman–Crippen LogP) is 6.20. The lowest BCUT2D eigenvalue weighted by molar-refractivity contribution is -0.113. The van der Waals surface area contributed by atoms with Crippen molar-refractivity contribution in [3.63, 3.8) is 0 Å². The van der Waals surface area contributed by atoms with Gasteiger partial charge in [0.05, 0.1) is 28.2 Å². The zero-order chi connectivity index (χ0) is 20.8. The van der Waals surface area contributed by atoms with Gasteiger partial charge in [-0.15, -0.1) is 0 Å². The van der Waals surface area contributed by atoms with Crippen LogP contribution in [-0.2, 0) is 11.3 Å². The molecule has 0 spiro atoms. The molecule has 7 heteroatoms. The number of aryl methyl sites for hydroxylation is 1. The maximum Gasteiger partial charge on any atom is 0.234 e. The lowest BCUT2D eigenvalue weighted by Crippen LogP contribution is -2.14. The van der Waals surface area contributed by atoms with Crippen LogP contribution in [0.3, 0.4) is 0 Å². The molecular weight excluding hydrogens is 394 g/mol. The summed E-state index contributed by atoms with van der Waals surface area (Å²) in [6.07, 6.45) is 0. The van der Waals surface area contributed by atoms with Gasteiger partial charge in [-0.25, -0.2) is 4.98 Å². The van der Waals surface area contributed by atoms with Gasteiger partial charge in [-0.1, -0.05) is 42.1 Å². The number of thioether (sulfide) groups is 1. The van der Waals surface area contributed by atoms with E-state index in [1.54, 1.807) is 0 Å². The maximum atomic E-state index is 12.4. The number of hydrogen-bond acceptors (Lipinski definition) is 5. The SMILES string of the molecule is CCn1c(SCC(=O)Nc2ccc(N=Nc3ccccc3)cc2)nc2ccccc21. The second kappa shape index (κ2) is 9.37. The van der Waals surface area contributed by atoms with Crippen LogP contribution in [0.4, 0.5) is 17.1 Å². The zero-order valence-corrected chi connectivity index (χ0v) is 17.3. The molecule has 0 aliphatic rings. The van der Waals surface area contributed by atoms with E-state index in [2.05, 4.69) is 32.0 Å². The van der Waals surface area contributed by atoms with Crippen LogP contribution in [0, 0.1) is 0 Å². The van der Waals surface area contributed by atoms with Crippen molar-refractivity contribution in [1.29, 1.82) is 0 Å². The molecule has 0 aliphatic heterocycles. The highest BCUT2D eigenvalue weighted by Gasteiger charge is 2.12. The van der Waals surface area contributed by atoms with Gasteiger partial charge in [0.2, 0.25) is 5.91 Å². The number of nitrogens with zero attached hydrogens (tertiary/aromatic N) is 4. The summed E-state index contributed by atoms with van der Waals surface area (Å²) >= 11 is 1.44.